The molecular weight excluding hydrogens is 348 g/mol. The van der Waals surface area contributed by atoms with Crippen LogP contribution in [0.5, 0.6) is 0 Å². The maximum absolute atomic E-state index is 12.7. The molecule has 2 fully saturated rings. The fraction of sp³-hybridized carbons (Fsp3) is 0.667. The first-order valence-corrected chi connectivity index (χ1v) is 10.4. The summed E-state index contributed by atoms with van der Waals surface area (Å²) in [6.45, 7) is 7.39. The second-order valence-corrected chi connectivity index (χ2v) is 9.82. The van der Waals surface area contributed by atoms with Gasteiger partial charge in [-0.05, 0) is 25.3 Å². The molecule has 0 radical (unpaired) electrons. The summed E-state index contributed by atoms with van der Waals surface area (Å²) in [4.78, 5) is 14.2. The zero-order valence-electron chi connectivity index (χ0n) is 14.0. The van der Waals surface area contributed by atoms with E-state index in [0.717, 1.165) is 6.54 Å². The molecule has 1 aromatic heterocycles. The van der Waals surface area contributed by atoms with E-state index in [1.165, 1.54) is 11.3 Å². The lowest BCUT2D eigenvalue weighted by Crippen LogP contribution is -2.65. The molecule has 2 N–H and O–H groups in total. The molecule has 0 aromatic carbocycles. The van der Waals surface area contributed by atoms with Crippen LogP contribution in [0.2, 0.25) is 0 Å². The SMILES string of the molecule is CC1(C)C(=O)NCCN1C[C@H]1CN(S(=O)(=O)c2cccs2)CCN1. The van der Waals surface area contributed by atoms with Crippen molar-refractivity contribution in [1.82, 2.24) is 19.8 Å². The van der Waals surface area contributed by atoms with E-state index in [-0.39, 0.29) is 11.9 Å². The van der Waals surface area contributed by atoms with Crippen LogP contribution in [0, 0.1) is 0 Å². The van der Waals surface area contributed by atoms with Crippen LogP contribution in [-0.2, 0) is 14.8 Å². The number of carbonyl (C=O) groups is 1. The van der Waals surface area contributed by atoms with Crippen LogP contribution in [0.25, 0.3) is 0 Å². The fourth-order valence-electron chi connectivity index (χ4n) is 3.20. The third kappa shape index (κ3) is 3.36. The molecule has 3 heterocycles. The lowest BCUT2D eigenvalue weighted by atomic mass is 9.98. The predicted octanol–water partition coefficient (Wildman–Crippen LogP) is -0.0790. The van der Waals surface area contributed by atoms with Crippen molar-refractivity contribution in [3.05, 3.63) is 17.5 Å². The molecule has 1 atom stereocenters. The molecule has 1 amide bonds. The van der Waals surface area contributed by atoms with Gasteiger partial charge in [0.05, 0.1) is 5.54 Å². The largest absolute Gasteiger partial charge is 0.353 e. The summed E-state index contributed by atoms with van der Waals surface area (Å²) in [5.41, 5.74) is -0.575. The molecule has 1 aromatic rings. The van der Waals surface area contributed by atoms with E-state index in [4.69, 9.17) is 0 Å². The van der Waals surface area contributed by atoms with Crippen molar-refractivity contribution in [2.75, 3.05) is 39.3 Å². The standard InChI is InChI=1S/C15H24N4O3S2/c1-15(2)14(20)17-5-7-18(15)10-12-11-19(8-6-16-12)24(21,22)13-4-3-9-23-13/h3-4,9,12,16H,5-8,10-11H2,1-2H3,(H,17,20)/t12-/m0/s1. The number of carbonyl (C=O) groups excluding carboxylic acids is 1. The minimum absolute atomic E-state index is 0.0127. The van der Waals surface area contributed by atoms with Gasteiger partial charge in [0.25, 0.3) is 10.0 Å². The highest BCUT2D eigenvalue weighted by Gasteiger charge is 2.39. The first-order chi connectivity index (χ1) is 11.3. The van der Waals surface area contributed by atoms with Gasteiger partial charge in [-0.25, -0.2) is 8.42 Å². The number of sulfonamides is 1. The Labute approximate surface area is 147 Å². The Morgan fingerprint density at radius 1 is 1.33 bits per heavy atom. The number of nitrogens with one attached hydrogen (secondary N) is 2. The van der Waals surface area contributed by atoms with E-state index in [2.05, 4.69) is 15.5 Å². The number of thiophene rings is 1. The van der Waals surface area contributed by atoms with E-state index in [1.807, 2.05) is 13.8 Å². The Morgan fingerprint density at radius 3 is 2.83 bits per heavy atom. The molecule has 0 saturated carbocycles. The quantitative estimate of drug-likeness (QED) is 0.773. The molecular formula is C15H24N4O3S2. The minimum atomic E-state index is -3.42. The summed E-state index contributed by atoms with van der Waals surface area (Å²) in [6.07, 6.45) is 0. The Bertz CT molecular complexity index is 688. The highest BCUT2D eigenvalue weighted by atomic mass is 32.2. The van der Waals surface area contributed by atoms with Gasteiger partial charge in [0.2, 0.25) is 5.91 Å². The highest BCUT2D eigenvalue weighted by Crippen LogP contribution is 2.23. The molecule has 24 heavy (non-hydrogen) atoms. The second-order valence-electron chi connectivity index (χ2n) is 6.71. The molecule has 9 heteroatoms. The fourth-order valence-corrected chi connectivity index (χ4v) is 5.83. The van der Waals surface area contributed by atoms with E-state index in [9.17, 15) is 13.2 Å². The highest BCUT2D eigenvalue weighted by molar-refractivity contribution is 7.91. The monoisotopic (exact) mass is 372 g/mol. The van der Waals surface area contributed by atoms with Gasteiger partial charge in [0, 0.05) is 45.3 Å². The van der Waals surface area contributed by atoms with Gasteiger partial charge in [-0.15, -0.1) is 11.3 Å². The van der Waals surface area contributed by atoms with E-state index >= 15 is 0 Å². The molecule has 2 aliphatic heterocycles. The molecule has 2 aliphatic rings. The number of hydrogen-bond acceptors (Lipinski definition) is 6. The lowest BCUT2D eigenvalue weighted by Gasteiger charge is -2.44. The van der Waals surface area contributed by atoms with Gasteiger partial charge < -0.3 is 10.6 Å². The summed E-state index contributed by atoms with van der Waals surface area (Å²) >= 11 is 1.25. The average Bonchev–Trinajstić information content (AvgIpc) is 3.08. The van der Waals surface area contributed by atoms with E-state index in [0.29, 0.717) is 36.9 Å². The van der Waals surface area contributed by atoms with Crippen molar-refractivity contribution < 1.29 is 13.2 Å². The Kier molecular flexibility index (Phi) is 4.99. The molecule has 0 bridgehead atoms. The number of rotatable bonds is 4. The van der Waals surface area contributed by atoms with Crippen LogP contribution in [0.15, 0.2) is 21.7 Å². The van der Waals surface area contributed by atoms with Gasteiger partial charge in [-0.1, -0.05) is 6.07 Å². The second kappa shape index (κ2) is 6.72. The van der Waals surface area contributed by atoms with Crippen LogP contribution in [0.1, 0.15) is 13.8 Å². The van der Waals surface area contributed by atoms with Crippen LogP contribution in [0.4, 0.5) is 0 Å². The molecule has 7 nitrogen and oxygen atoms in total. The van der Waals surface area contributed by atoms with Gasteiger partial charge >= 0.3 is 0 Å². The summed E-state index contributed by atoms with van der Waals surface area (Å²) in [5, 5.41) is 8.05. The van der Waals surface area contributed by atoms with Crippen LogP contribution in [0.3, 0.4) is 0 Å². The molecule has 2 saturated heterocycles. The Hall–Kier alpha value is -1.00. The average molecular weight is 373 g/mol. The van der Waals surface area contributed by atoms with Gasteiger partial charge in [-0.3, -0.25) is 9.69 Å². The summed E-state index contributed by atoms with van der Waals surface area (Å²) < 4.78 is 27.3. The predicted molar refractivity (Wildman–Crippen MR) is 93.5 cm³/mol. The van der Waals surface area contributed by atoms with Crippen molar-refractivity contribution in [2.45, 2.75) is 29.6 Å². The summed E-state index contributed by atoms with van der Waals surface area (Å²) in [6, 6.07) is 3.42. The van der Waals surface area contributed by atoms with Crippen molar-refractivity contribution in [3.8, 4) is 0 Å². The van der Waals surface area contributed by atoms with Crippen LogP contribution >= 0.6 is 11.3 Å². The zero-order chi connectivity index (χ0) is 17.4. The topological polar surface area (TPSA) is 81.8 Å². The first kappa shape index (κ1) is 17.8. The molecule has 3 rings (SSSR count). The molecule has 134 valence electrons. The minimum Gasteiger partial charge on any atom is -0.353 e. The Morgan fingerprint density at radius 2 is 2.12 bits per heavy atom. The van der Waals surface area contributed by atoms with Crippen LogP contribution in [-0.4, -0.2) is 74.4 Å². The number of piperazine rings is 2. The normalized spacial score (nSPS) is 26.2. The molecule has 0 aliphatic carbocycles. The van der Waals surface area contributed by atoms with Gasteiger partial charge in [-0.2, -0.15) is 4.31 Å². The van der Waals surface area contributed by atoms with Crippen molar-refractivity contribution >= 4 is 27.3 Å². The van der Waals surface area contributed by atoms with Gasteiger partial charge in [0.1, 0.15) is 4.21 Å². The van der Waals surface area contributed by atoms with Crippen molar-refractivity contribution in [3.63, 3.8) is 0 Å². The van der Waals surface area contributed by atoms with Gasteiger partial charge in [0.15, 0.2) is 0 Å². The summed E-state index contributed by atoms with van der Waals surface area (Å²) in [7, 11) is -3.42. The van der Waals surface area contributed by atoms with E-state index < -0.39 is 15.6 Å². The maximum atomic E-state index is 12.7. The molecule has 0 spiro atoms. The third-order valence-electron chi connectivity index (χ3n) is 4.76. The number of amides is 1. The third-order valence-corrected chi connectivity index (χ3v) is 8.00. The number of nitrogens with zero attached hydrogens (tertiary/aromatic N) is 2. The molecule has 0 unspecified atom stereocenters. The zero-order valence-corrected chi connectivity index (χ0v) is 15.6. The van der Waals surface area contributed by atoms with Crippen LogP contribution < -0.4 is 10.6 Å². The number of hydrogen-bond donors (Lipinski definition) is 2. The first-order valence-electron chi connectivity index (χ1n) is 8.12. The van der Waals surface area contributed by atoms with E-state index in [1.54, 1.807) is 21.8 Å². The lowest BCUT2D eigenvalue weighted by molar-refractivity contribution is -0.135. The smallest absolute Gasteiger partial charge is 0.252 e. The maximum Gasteiger partial charge on any atom is 0.252 e. The van der Waals surface area contributed by atoms with Crippen molar-refractivity contribution in [1.29, 1.82) is 0 Å². The van der Waals surface area contributed by atoms with Crippen molar-refractivity contribution in [2.24, 2.45) is 0 Å². The Balaban J connectivity index is 1.69. The summed E-state index contributed by atoms with van der Waals surface area (Å²) in [5.74, 6) is 0.0209.